The molecule has 0 aromatic carbocycles. The van der Waals surface area contributed by atoms with E-state index in [9.17, 15) is 4.79 Å². The normalized spacial score (nSPS) is 11.8. The Morgan fingerprint density at radius 3 is 2.64 bits per heavy atom. The number of rotatable bonds is 3. The van der Waals surface area contributed by atoms with E-state index in [1.165, 1.54) is 0 Å². The van der Waals surface area contributed by atoms with Gasteiger partial charge in [-0.05, 0) is 5.92 Å². The first-order chi connectivity index (χ1) is 5.02. The Morgan fingerprint density at radius 2 is 2.27 bits per heavy atom. The third-order valence-corrected chi connectivity index (χ3v) is 1.01. The van der Waals surface area contributed by atoms with Gasteiger partial charge in [-0.2, -0.15) is 0 Å². The molecule has 0 aliphatic heterocycles. The highest BCUT2D eigenvalue weighted by atomic mass is 127. The van der Waals surface area contributed by atoms with E-state index in [0.717, 1.165) is 0 Å². The van der Waals surface area contributed by atoms with Crippen molar-refractivity contribution in [3.05, 3.63) is 0 Å². The van der Waals surface area contributed by atoms with Crippen LogP contribution in [0.15, 0.2) is 5.16 Å². The minimum absolute atomic E-state index is 0.222. The molecule has 0 rings (SSSR count). The molecule has 0 saturated carbocycles. The standard InChI is InChI=1S/C6H11IN2O2/c1-4(2)3-5(10)11-9-6(7)8/h4H,3H2,1-2H3,(H2,8,9). The number of nitrogens with two attached hydrogens (primary N) is 1. The number of nitrogens with zero attached hydrogens (tertiary/aromatic N) is 1. The fraction of sp³-hybridized carbons (Fsp3) is 0.667. The molecule has 0 bridgehead atoms. The van der Waals surface area contributed by atoms with Crippen molar-refractivity contribution in [2.24, 2.45) is 16.8 Å². The Labute approximate surface area is 79.3 Å². The molecule has 0 radical (unpaired) electrons. The van der Waals surface area contributed by atoms with E-state index < -0.39 is 0 Å². The lowest BCUT2D eigenvalue weighted by molar-refractivity contribution is -0.144. The van der Waals surface area contributed by atoms with E-state index in [0.29, 0.717) is 6.42 Å². The third kappa shape index (κ3) is 7.57. The first-order valence-electron chi connectivity index (χ1n) is 3.21. The van der Waals surface area contributed by atoms with Crippen molar-refractivity contribution < 1.29 is 9.63 Å². The van der Waals surface area contributed by atoms with Crippen molar-refractivity contribution in [2.45, 2.75) is 20.3 Å². The Morgan fingerprint density at radius 1 is 1.73 bits per heavy atom. The van der Waals surface area contributed by atoms with E-state index in [2.05, 4.69) is 9.99 Å². The summed E-state index contributed by atoms with van der Waals surface area (Å²) >= 11 is 1.76. The van der Waals surface area contributed by atoms with E-state index in [1.807, 2.05) is 13.8 Å². The smallest absolute Gasteiger partial charge is 0.335 e. The number of carbonyl (C=O) groups is 1. The summed E-state index contributed by atoms with van der Waals surface area (Å²) in [6.45, 7) is 3.86. The summed E-state index contributed by atoms with van der Waals surface area (Å²) in [6.07, 6.45) is 0.368. The van der Waals surface area contributed by atoms with Gasteiger partial charge in [0.25, 0.3) is 0 Å². The maximum absolute atomic E-state index is 10.8. The van der Waals surface area contributed by atoms with Crippen molar-refractivity contribution in [2.75, 3.05) is 0 Å². The molecule has 64 valence electrons. The lowest BCUT2D eigenvalue weighted by atomic mass is 10.1. The zero-order valence-corrected chi connectivity index (χ0v) is 8.66. The lowest BCUT2D eigenvalue weighted by Gasteiger charge is -1.99. The van der Waals surface area contributed by atoms with Gasteiger partial charge in [0.05, 0.1) is 6.42 Å². The number of hydrogen-bond acceptors (Lipinski definition) is 3. The first-order valence-corrected chi connectivity index (χ1v) is 4.29. The number of halogens is 1. The fourth-order valence-electron chi connectivity index (χ4n) is 0.465. The van der Waals surface area contributed by atoms with Gasteiger partial charge < -0.3 is 10.6 Å². The quantitative estimate of drug-likeness (QED) is 0.209. The summed E-state index contributed by atoms with van der Waals surface area (Å²) in [7, 11) is 0. The molecule has 0 aliphatic carbocycles. The SMILES string of the molecule is CC(C)CC(=O)O/N=C(\N)I. The van der Waals surface area contributed by atoms with Crippen LogP contribution in [0, 0.1) is 5.92 Å². The average Bonchev–Trinajstić information content (AvgIpc) is 1.82. The van der Waals surface area contributed by atoms with Crippen LogP contribution in [0.2, 0.25) is 0 Å². The van der Waals surface area contributed by atoms with Gasteiger partial charge in [0.15, 0.2) is 0 Å². The second-order valence-electron chi connectivity index (χ2n) is 2.48. The minimum atomic E-state index is -0.348. The monoisotopic (exact) mass is 270 g/mol. The van der Waals surface area contributed by atoms with Crippen LogP contribution in [0.3, 0.4) is 0 Å². The van der Waals surface area contributed by atoms with Gasteiger partial charge in [0.2, 0.25) is 3.84 Å². The van der Waals surface area contributed by atoms with Crippen LogP contribution in [0.25, 0.3) is 0 Å². The van der Waals surface area contributed by atoms with Gasteiger partial charge in [-0.3, -0.25) is 0 Å². The minimum Gasteiger partial charge on any atom is -0.376 e. The highest BCUT2D eigenvalue weighted by Gasteiger charge is 2.05. The molecule has 0 aromatic heterocycles. The van der Waals surface area contributed by atoms with Crippen molar-refractivity contribution >= 4 is 32.4 Å². The maximum atomic E-state index is 10.8. The van der Waals surface area contributed by atoms with E-state index in [4.69, 9.17) is 5.73 Å². The zero-order chi connectivity index (χ0) is 8.85. The molecule has 2 N–H and O–H groups in total. The van der Waals surface area contributed by atoms with Crippen LogP contribution in [-0.4, -0.2) is 9.81 Å². The van der Waals surface area contributed by atoms with Gasteiger partial charge in [-0.15, -0.1) is 0 Å². The van der Waals surface area contributed by atoms with Crippen LogP contribution in [0.4, 0.5) is 0 Å². The van der Waals surface area contributed by atoms with Gasteiger partial charge in [-0.1, -0.05) is 19.0 Å². The van der Waals surface area contributed by atoms with Crippen LogP contribution >= 0.6 is 22.6 Å². The predicted molar refractivity (Wildman–Crippen MR) is 51.2 cm³/mol. The van der Waals surface area contributed by atoms with Crippen LogP contribution in [-0.2, 0) is 9.63 Å². The van der Waals surface area contributed by atoms with Crippen LogP contribution in [0.1, 0.15) is 20.3 Å². The van der Waals surface area contributed by atoms with Gasteiger partial charge >= 0.3 is 5.97 Å². The highest BCUT2D eigenvalue weighted by molar-refractivity contribution is 14.1. The molecule has 0 amide bonds. The van der Waals surface area contributed by atoms with E-state index >= 15 is 0 Å². The lowest BCUT2D eigenvalue weighted by Crippen LogP contribution is -2.08. The Balaban J connectivity index is 3.62. The average molecular weight is 270 g/mol. The summed E-state index contributed by atoms with van der Waals surface area (Å²) in [6, 6.07) is 0. The molecule has 4 nitrogen and oxygen atoms in total. The van der Waals surface area contributed by atoms with Crippen molar-refractivity contribution in [1.29, 1.82) is 0 Å². The second-order valence-corrected chi connectivity index (χ2v) is 3.58. The van der Waals surface area contributed by atoms with Crippen molar-refractivity contribution in [3.63, 3.8) is 0 Å². The molecule has 0 saturated heterocycles. The summed E-state index contributed by atoms with van der Waals surface area (Å²) < 4.78 is 0.222. The zero-order valence-electron chi connectivity index (χ0n) is 6.50. The van der Waals surface area contributed by atoms with Crippen LogP contribution in [0.5, 0.6) is 0 Å². The maximum Gasteiger partial charge on any atom is 0.335 e. The molecule has 0 atom stereocenters. The molecule has 0 aliphatic rings. The van der Waals surface area contributed by atoms with Crippen molar-refractivity contribution in [1.82, 2.24) is 0 Å². The topological polar surface area (TPSA) is 64.7 Å². The molecule has 0 unspecified atom stereocenters. The molecular weight excluding hydrogens is 259 g/mol. The number of carbonyl (C=O) groups excluding carboxylic acids is 1. The van der Waals surface area contributed by atoms with E-state index in [1.54, 1.807) is 22.6 Å². The molecule has 0 aromatic rings. The molecular formula is C6H11IN2O2. The van der Waals surface area contributed by atoms with Crippen molar-refractivity contribution in [3.8, 4) is 0 Å². The van der Waals surface area contributed by atoms with Crippen LogP contribution < -0.4 is 5.73 Å². The summed E-state index contributed by atoms with van der Waals surface area (Å²) in [4.78, 5) is 15.2. The molecule has 0 spiro atoms. The summed E-state index contributed by atoms with van der Waals surface area (Å²) in [5.41, 5.74) is 5.13. The Kier molecular flexibility index (Phi) is 5.18. The van der Waals surface area contributed by atoms with Gasteiger partial charge in [-0.25, -0.2) is 4.79 Å². The molecule has 0 heterocycles. The third-order valence-electron chi connectivity index (χ3n) is 0.810. The summed E-state index contributed by atoms with van der Waals surface area (Å²) in [5.74, 6) is -0.0623. The molecule has 0 fully saturated rings. The summed E-state index contributed by atoms with van der Waals surface area (Å²) in [5, 5.41) is 3.31. The second kappa shape index (κ2) is 5.34. The van der Waals surface area contributed by atoms with E-state index in [-0.39, 0.29) is 15.7 Å². The fourth-order valence-corrected chi connectivity index (χ4v) is 0.564. The first kappa shape index (κ1) is 10.7. The van der Waals surface area contributed by atoms with Gasteiger partial charge in [0.1, 0.15) is 0 Å². The number of hydrogen-bond donors (Lipinski definition) is 1. The number of amidine groups is 1. The molecule has 11 heavy (non-hydrogen) atoms. The predicted octanol–water partition coefficient (Wildman–Crippen LogP) is 1.24. The largest absolute Gasteiger partial charge is 0.376 e. The number of oxime groups is 1. The molecule has 5 heteroatoms. The Hall–Kier alpha value is -0.330. The Bertz CT molecular complexity index is 164. The highest BCUT2D eigenvalue weighted by Crippen LogP contribution is 2.01. The van der Waals surface area contributed by atoms with Gasteiger partial charge in [0, 0.05) is 22.6 Å².